The predicted octanol–water partition coefficient (Wildman–Crippen LogP) is 3.98. The van der Waals surface area contributed by atoms with E-state index < -0.39 is 0 Å². The number of hydrogen-bond acceptors (Lipinski definition) is 1. The molecule has 1 saturated carbocycles. The van der Waals surface area contributed by atoms with E-state index in [1.54, 1.807) is 0 Å². The van der Waals surface area contributed by atoms with Gasteiger partial charge in [-0.2, -0.15) is 0 Å². The third-order valence-electron chi connectivity index (χ3n) is 3.69. The van der Waals surface area contributed by atoms with Crippen LogP contribution in [0.5, 0.6) is 0 Å². The van der Waals surface area contributed by atoms with E-state index >= 15 is 0 Å². The zero-order chi connectivity index (χ0) is 12.5. The van der Waals surface area contributed by atoms with Crippen LogP contribution in [0.3, 0.4) is 0 Å². The first kappa shape index (κ1) is 11.2. The zero-order valence-corrected chi connectivity index (χ0v) is 10.5. The molecular formula is C17H16O. The molecule has 18 heavy (non-hydrogen) atoms. The van der Waals surface area contributed by atoms with Crippen molar-refractivity contribution < 1.29 is 4.79 Å². The second kappa shape index (κ2) is 4.41. The summed E-state index contributed by atoms with van der Waals surface area (Å²) >= 11 is 0. The van der Waals surface area contributed by atoms with Crippen molar-refractivity contribution in [3.05, 3.63) is 71.3 Å². The van der Waals surface area contributed by atoms with Gasteiger partial charge in [-0.1, -0.05) is 60.2 Å². The highest BCUT2D eigenvalue weighted by molar-refractivity contribution is 6.00. The average molecular weight is 236 g/mol. The zero-order valence-electron chi connectivity index (χ0n) is 10.5. The maximum absolute atomic E-state index is 12.3. The molecule has 1 nitrogen and oxygen atoms in total. The van der Waals surface area contributed by atoms with E-state index in [4.69, 9.17) is 0 Å². The van der Waals surface area contributed by atoms with Crippen LogP contribution in [0.1, 0.15) is 33.8 Å². The van der Waals surface area contributed by atoms with Crippen LogP contribution in [0.25, 0.3) is 0 Å². The summed E-state index contributed by atoms with van der Waals surface area (Å²) in [5, 5.41) is 0. The smallest absolute Gasteiger partial charge is 0.166 e. The lowest BCUT2D eigenvalue weighted by Gasteiger charge is -2.01. The van der Waals surface area contributed by atoms with Gasteiger partial charge >= 0.3 is 0 Å². The van der Waals surface area contributed by atoms with Crippen molar-refractivity contribution >= 4 is 5.78 Å². The molecule has 2 aromatic carbocycles. The number of aryl methyl sites for hydroxylation is 1. The Kier molecular flexibility index (Phi) is 2.75. The summed E-state index contributed by atoms with van der Waals surface area (Å²) in [4.78, 5) is 12.3. The van der Waals surface area contributed by atoms with Crippen LogP contribution >= 0.6 is 0 Å². The monoisotopic (exact) mass is 236 g/mol. The number of hydrogen-bond donors (Lipinski definition) is 0. The molecule has 0 heterocycles. The summed E-state index contributed by atoms with van der Waals surface area (Å²) in [6, 6.07) is 18.2. The molecule has 2 atom stereocenters. The summed E-state index contributed by atoms with van der Waals surface area (Å²) in [7, 11) is 0. The normalized spacial score (nSPS) is 21.6. The highest BCUT2D eigenvalue weighted by Crippen LogP contribution is 2.49. The molecule has 0 aliphatic heterocycles. The van der Waals surface area contributed by atoms with Gasteiger partial charge in [-0.25, -0.2) is 0 Å². The molecule has 90 valence electrons. The van der Waals surface area contributed by atoms with Crippen molar-refractivity contribution in [3.8, 4) is 0 Å². The second-order valence-corrected chi connectivity index (χ2v) is 5.09. The van der Waals surface area contributed by atoms with Crippen LogP contribution in [0, 0.1) is 12.8 Å². The molecule has 1 aliphatic rings. The van der Waals surface area contributed by atoms with Gasteiger partial charge in [0, 0.05) is 11.5 Å². The van der Waals surface area contributed by atoms with Gasteiger partial charge in [0.2, 0.25) is 0 Å². The minimum Gasteiger partial charge on any atom is -0.294 e. The lowest BCUT2D eigenvalue weighted by molar-refractivity contribution is 0.0965. The molecule has 0 bridgehead atoms. The number of carbonyl (C=O) groups excluding carboxylic acids is 1. The Bertz CT molecular complexity index is 554. The van der Waals surface area contributed by atoms with Crippen LogP contribution in [-0.4, -0.2) is 5.78 Å². The molecule has 1 fully saturated rings. The number of carbonyl (C=O) groups is 1. The summed E-state index contributed by atoms with van der Waals surface area (Å²) in [5.74, 6) is 0.916. The lowest BCUT2D eigenvalue weighted by atomic mass is 10.0. The van der Waals surface area contributed by atoms with Crippen molar-refractivity contribution in [3.63, 3.8) is 0 Å². The van der Waals surface area contributed by atoms with E-state index in [0.29, 0.717) is 11.7 Å². The van der Waals surface area contributed by atoms with Gasteiger partial charge in [-0.15, -0.1) is 0 Å². The van der Waals surface area contributed by atoms with E-state index in [9.17, 15) is 4.79 Å². The molecule has 0 amide bonds. The third kappa shape index (κ3) is 2.08. The van der Waals surface area contributed by atoms with E-state index in [-0.39, 0.29) is 5.92 Å². The lowest BCUT2D eigenvalue weighted by Crippen LogP contribution is -2.02. The molecule has 0 unspecified atom stereocenters. The molecule has 2 aromatic rings. The highest BCUT2D eigenvalue weighted by Gasteiger charge is 2.43. The van der Waals surface area contributed by atoms with Gasteiger partial charge < -0.3 is 0 Å². The number of rotatable bonds is 3. The topological polar surface area (TPSA) is 17.1 Å². The van der Waals surface area contributed by atoms with Crippen LogP contribution in [-0.2, 0) is 0 Å². The number of ketones is 1. The van der Waals surface area contributed by atoms with Crippen molar-refractivity contribution in [2.75, 3.05) is 0 Å². The van der Waals surface area contributed by atoms with E-state index in [0.717, 1.165) is 12.0 Å². The highest BCUT2D eigenvalue weighted by atomic mass is 16.1. The van der Waals surface area contributed by atoms with Crippen molar-refractivity contribution in [2.24, 2.45) is 5.92 Å². The fourth-order valence-corrected chi connectivity index (χ4v) is 2.49. The first-order chi connectivity index (χ1) is 8.75. The van der Waals surface area contributed by atoms with E-state index in [1.165, 1.54) is 11.1 Å². The minimum atomic E-state index is 0.190. The fourth-order valence-electron chi connectivity index (χ4n) is 2.49. The van der Waals surface area contributed by atoms with Crippen molar-refractivity contribution in [1.82, 2.24) is 0 Å². The Balaban J connectivity index is 1.75. The first-order valence-electron chi connectivity index (χ1n) is 6.41. The quantitative estimate of drug-likeness (QED) is 0.737. The van der Waals surface area contributed by atoms with Crippen molar-refractivity contribution in [2.45, 2.75) is 19.3 Å². The average Bonchev–Trinajstić information content (AvgIpc) is 3.20. The van der Waals surface area contributed by atoms with Gasteiger partial charge in [0.05, 0.1) is 0 Å². The molecule has 0 saturated heterocycles. The Morgan fingerprint density at radius 1 is 1.00 bits per heavy atom. The SMILES string of the molecule is Cc1ccc(C(=O)[C@@H]2C[C@@H]2c2ccccc2)cc1. The standard InChI is InChI=1S/C17H16O/c1-12-7-9-14(10-8-12)17(18)16-11-15(16)13-5-3-2-4-6-13/h2-10,15-16H,11H2,1H3/t15-,16-/m1/s1. The summed E-state index contributed by atoms with van der Waals surface area (Å²) in [5.41, 5.74) is 3.34. The summed E-state index contributed by atoms with van der Waals surface area (Å²) < 4.78 is 0. The van der Waals surface area contributed by atoms with Crippen LogP contribution < -0.4 is 0 Å². The van der Waals surface area contributed by atoms with Gasteiger partial charge in [-0.3, -0.25) is 4.79 Å². The number of Topliss-reactive ketones (excluding diaryl/α,β-unsaturated/α-hetero) is 1. The Hall–Kier alpha value is -1.89. The van der Waals surface area contributed by atoms with Gasteiger partial charge in [0.1, 0.15) is 0 Å². The second-order valence-electron chi connectivity index (χ2n) is 5.09. The van der Waals surface area contributed by atoms with Gasteiger partial charge in [0.25, 0.3) is 0 Å². The molecule has 0 radical (unpaired) electrons. The van der Waals surface area contributed by atoms with Gasteiger partial charge in [0.15, 0.2) is 5.78 Å². The summed E-state index contributed by atoms with van der Waals surface area (Å²) in [6.45, 7) is 2.04. The number of benzene rings is 2. The van der Waals surface area contributed by atoms with E-state index in [2.05, 4.69) is 12.1 Å². The first-order valence-corrected chi connectivity index (χ1v) is 6.41. The minimum absolute atomic E-state index is 0.190. The maximum Gasteiger partial charge on any atom is 0.166 e. The molecule has 0 aromatic heterocycles. The molecule has 0 N–H and O–H groups in total. The van der Waals surface area contributed by atoms with Crippen molar-refractivity contribution in [1.29, 1.82) is 0 Å². The molecule has 3 rings (SSSR count). The third-order valence-corrected chi connectivity index (χ3v) is 3.69. The largest absolute Gasteiger partial charge is 0.294 e. The molecular weight excluding hydrogens is 220 g/mol. The van der Waals surface area contributed by atoms with Gasteiger partial charge in [-0.05, 0) is 24.8 Å². The fraction of sp³-hybridized carbons (Fsp3) is 0.235. The predicted molar refractivity (Wildman–Crippen MR) is 72.8 cm³/mol. The summed E-state index contributed by atoms with van der Waals surface area (Å²) in [6.07, 6.45) is 0.997. The van der Waals surface area contributed by atoms with Crippen LogP contribution in [0.15, 0.2) is 54.6 Å². The Morgan fingerprint density at radius 3 is 2.33 bits per heavy atom. The van der Waals surface area contributed by atoms with Crippen LogP contribution in [0.4, 0.5) is 0 Å². The molecule has 1 aliphatic carbocycles. The Labute approximate surface area is 107 Å². The van der Waals surface area contributed by atoms with E-state index in [1.807, 2.05) is 49.4 Å². The molecule has 1 heteroatoms. The maximum atomic E-state index is 12.3. The Morgan fingerprint density at radius 2 is 1.67 bits per heavy atom. The van der Waals surface area contributed by atoms with Crippen LogP contribution in [0.2, 0.25) is 0 Å². The molecule has 0 spiro atoms.